The third kappa shape index (κ3) is 11.6. The first-order chi connectivity index (χ1) is 22.4. The Morgan fingerprint density at radius 3 is 2.21 bits per heavy atom. The molecule has 48 heavy (non-hydrogen) atoms. The topological polar surface area (TPSA) is 213 Å². The van der Waals surface area contributed by atoms with Crippen molar-refractivity contribution in [2.24, 2.45) is 27.3 Å². The van der Waals surface area contributed by atoms with Crippen molar-refractivity contribution < 1.29 is 8.42 Å². The summed E-state index contributed by atoms with van der Waals surface area (Å²) in [5, 5.41) is 9.51. The Morgan fingerprint density at radius 2 is 1.62 bits per heavy atom. The van der Waals surface area contributed by atoms with E-state index in [9.17, 15) is 13.2 Å². The number of aryl methyl sites for hydroxylation is 1. The summed E-state index contributed by atoms with van der Waals surface area (Å²) in [6, 6.07) is 15.3. The lowest BCUT2D eigenvalue weighted by Crippen LogP contribution is -2.23. The minimum Gasteiger partial charge on any atom is -0.370 e. The molecule has 2 heterocycles. The van der Waals surface area contributed by atoms with Crippen LogP contribution < -0.4 is 33.3 Å². The molecule has 13 heteroatoms. The van der Waals surface area contributed by atoms with Gasteiger partial charge in [0.25, 0.3) is 0 Å². The van der Waals surface area contributed by atoms with E-state index in [1.807, 2.05) is 30.5 Å². The van der Waals surface area contributed by atoms with Crippen molar-refractivity contribution in [1.82, 2.24) is 19.9 Å². The summed E-state index contributed by atoms with van der Waals surface area (Å²) in [7, 11) is -3.66. The number of nitrogens with two attached hydrogens (primary N) is 4. The van der Waals surface area contributed by atoms with E-state index in [4.69, 9.17) is 22.3 Å². The maximum absolute atomic E-state index is 12.5. The lowest BCUT2D eigenvalue weighted by Gasteiger charge is -2.21. The number of aromatic nitrogens is 3. The molecule has 0 aliphatic rings. The van der Waals surface area contributed by atoms with Crippen LogP contribution in [0.1, 0.15) is 83.2 Å². The van der Waals surface area contributed by atoms with Crippen LogP contribution in [0, 0.1) is 0 Å². The lowest BCUT2D eigenvalue weighted by atomic mass is 9.86. The first-order valence-corrected chi connectivity index (χ1v) is 17.8. The summed E-state index contributed by atoms with van der Waals surface area (Å²) in [5.74, 6) is 0.123. The zero-order valence-electron chi connectivity index (χ0n) is 29.1. The van der Waals surface area contributed by atoms with E-state index < -0.39 is 10.0 Å². The van der Waals surface area contributed by atoms with Gasteiger partial charge in [0.1, 0.15) is 5.65 Å². The maximum atomic E-state index is 12.5. The first kappa shape index (κ1) is 38.4. The van der Waals surface area contributed by atoms with Crippen molar-refractivity contribution in [1.29, 1.82) is 0 Å². The second kappa shape index (κ2) is 16.4. The molecule has 0 spiro atoms. The van der Waals surface area contributed by atoms with E-state index in [0.717, 1.165) is 72.2 Å². The predicted molar refractivity (Wildman–Crippen MR) is 196 cm³/mol. The number of aliphatic imine (C=N–C) groups is 1. The van der Waals surface area contributed by atoms with E-state index >= 15 is 0 Å². The highest BCUT2D eigenvalue weighted by Gasteiger charge is 2.19. The van der Waals surface area contributed by atoms with Crippen LogP contribution in [-0.2, 0) is 33.8 Å². The number of nitrogens with zero attached hydrogens (tertiary/aromatic N) is 3. The van der Waals surface area contributed by atoms with E-state index in [1.54, 1.807) is 16.7 Å². The van der Waals surface area contributed by atoms with Crippen LogP contribution in [0.25, 0.3) is 16.7 Å². The van der Waals surface area contributed by atoms with Crippen LogP contribution in [0.4, 0.5) is 0 Å². The molecule has 4 rings (SSSR count). The number of primary sulfonamides is 1. The second-order valence-corrected chi connectivity index (χ2v) is 15.6. The third-order valence-electron chi connectivity index (χ3n) is 7.75. The fourth-order valence-electron chi connectivity index (χ4n) is 4.88. The van der Waals surface area contributed by atoms with Crippen LogP contribution in [0.3, 0.4) is 0 Å². The molecule has 4 aromatic rings. The van der Waals surface area contributed by atoms with Crippen LogP contribution >= 0.6 is 0 Å². The van der Waals surface area contributed by atoms with Gasteiger partial charge in [-0.05, 0) is 91.2 Å². The fraction of sp³-hybridized carbons (Fsp3) is 0.457. The van der Waals surface area contributed by atoms with Crippen LogP contribution in [0.2, 0.25) is 0 Å². The number of guanidine groups is 1. The second-order valence-electron chi connectivity index (χ2n) is 14.0. The zero-order valence-corrected chi connectivity index (χ0v) is 30.0. The highest BCUT2D eigenvalue weighted by molar-refractivity contribution is 7.89. The number of rotatable bonds is 12. The molecular weight excluding hydrogens is 627 g/mol. The first-order valence-electron chi connectivity index (χ1n) is 16.2. The molecule has 262 valence electrons. The number of hydrogen-bond donors (Lipinski definition) is 6. The van der Waals surface area contributed by atoms with Crippen LogP contribution in [0.15, 0.2) is 69.4 Å². The molecule has 10 N–H and O–H groups in total. The van der Waals surface area contributed by atoms with Gasteiger partial charge in [0.05, 0.1) is 10.6 Å². The number of fused-ring (bicyclic) bond motifs is 1. The Kier molecular flexibility index (Phi) is 13.1. The van der Waals surface area contributed by atoms with Crippen molar-refractivity contribution in [3.05, 3.63) is 87.6 Å². The average molecular weight is 680 g/mol. The summed E-state index contributed by atoms with van der Waals surface area (Å²) in [6.45, 7) is 15.4. The molecule has 0 bridgehead atoms. The van der Waals surface area contributed by atoms with Gasteiger partial charge in [-0.25, -0.2) is 18.4 Å². The molecule has 0 atom stereocenters. The number of H-pyrrole nitrogens is 1. The minimum absolute atomic E-state index is 0.0352. The number of benzene rings is 2. The zero-order chi connectivity index (χ0) is 35.7. The van der Waals surface area contributed by atoms with Gasteiger partial charge in [-0.1, -0.05) is 59.7 Å². The van der Waals surface area contributed by atoms with Crippen LogP contribution in [-0.4, -0.2) is 48.5 Å². The maximum Gasteiger partial charge on any atom is 0.354 e. The largest absolute Gasteiger partial charge is 0.370 e. The van der Waals surface area contributed by atoms with Gasteiger partial charge in [-0.3, -0.25) is 9.56 Å². The van der Waals surface area contributed by atoms with Crippen molar-refractivity contribution in [3.8, 4) is 5.69 Å². The Bertz CT molecular complexity index is 1840. The van der Waals surface area contributed by atoms with Gasteiger partial charge >= 0.3 is 5.69 Å². The fourth-order valence-corrected chi connectivity index (χ4v) is 5.49. The number of hydrogen-bond acceptors (Lipinski definition) is 7. The van der Waals surface area contributed by atoms with Gasteiger partial charge in [0.2, 0.25) is 10.0 Å². The number of aromatic amines is 1. The number of sulfonamides is 1. The van der Waals surface area contributed by atoms with Gasteiger partial charge in [-0.2, -0.15) is 4.98 Å². The van der Waals surface area contributed by atoms with Gasteiger partial charge < -0.3 is 27.5 Å². The van der Waals surface area contributed by atoms with Crippen molar-refractivity contribution in [3.63, 3.8) is 0 Å². The molecule has 0 aliphatic heterocycles. The molecule has 0 aliphatic carbocycles. The molecule has 0 saturated carbocycles. The molecular formula is C35H53N9O3S. The van der Waals surface area contributed by atoms with Gasteiger partial charge in [0, 0.05) is 35.8 Å². The molecule has 0 saturated heterocycles. The molecule has 0 fully saturated rings. The summed E-state index contributed by atoms with van der Waals surface area (Å²) >= 11 is 0. The standard InChI is InChI=1S/C21H29N7O.C14H24N2O2S/c1-21(2,3)17-11-15-13-28(20(29)27-18(15)26-17)16-7-5-14(6-8-16)12-24-9-4-10-25-19(22)23;1-14(2,3)12-8-11(6-4-5-7-15)9-13(10-12)19(16,17)18/h5-8,11,13,24H,4,9-10,12H2,1-3H3,(H4,22,23,25)(H,26,27,29);8-10H,4-7,15H2,1-3H3,(H2,16,17,18). The van der Waals surface area contributed by atoms with Crippen molar-refractivity contribution in [2.75, 3.05) is 19.6 Å². The lowest BCUT2D eigenvalue weighted by molar-refractivity contribution is 0.574. The third-order valence-corrected chi connectivity index (χ3v) is 8.64. The molecule has 0 amide bonds. The van der Waals surface area contributed by atoms with Crippen LogP contribution in [0.5, 0.6) is 0 Å². The number of nitrogens with one attached hydrogen (secondary N) is 2. The minimum atomic E-state index is -3.66. The monoisotopic (exact) mass is 679 g/mol. The Morgan fingerprint density at radius 1 is 0.938 bits per heavy atom. The van der Waals surface area contributed by atoms with E-state index in [-0.39, 0.29) is 27.4 Å². The molecule has 0 radical (unpaired) electrons. The quantitative estimate of drug-likeness (QED) is 0.0736. The smallest absolute Gasteiger partial charge is 0.354 e. The molecule has 0 unspecified atom stereocenters. The number of unbranched alkanes of at least 4 members (excludes halogenated alkanes) is 1. The Balaban J connectivity index is 0.000000286. The SMILES string of the molecule is CC(C)(C)c1cc(CCCCN)cc(S(N)(=O)=O)c1.CC(C)(C)c1cc2cn(-c3ccc(CNCCCN=C(N)N)cc3)c(=O)nc2[nH]1. The van der Waals surface area contributed by atoms with Gasteiger partial charge in [0.15, 0.2) is 5.96 Å². The van der Waals surface area contributed by atoms with E-state index in [0.29, 0.717) is 18.7 Å². The molecule has 12 nitrogen and oxygen atoms in total. The average Bonchev–Trinajstić information content (AvgIpc) is 3.42. The van der Waals surface area contributed by atoms with E-state index in [2.05, 4.69) is 74.0 Å². The predicted octanol–water partition coefficient (Wildman–Crippen LogP) is 3.68. The van der Waals surface area contributed by atoms with Crippen molar-refractivity contribution >= 4 is 27.0 Å². The summed E-state index contributed by atoms with van der Waals surface area (Å²) in [5.41, 5.74) is 21.2. The summed E-state index contributed by atoms with van der Waals surface area (Å²) in [4.78, 5) is 24.1. The highest BCUT2D eigenvalue weighted by Crippen LogP contribution is 2.27. The Labute approximate surface area is 284 Å². The highest BCUT2D eigenvalue weighted by atomic mass is 32.2. The summed E-state index contributed by atoms with van der Waals surface area (Å²) in [6.07, 6.45) is 5.42. The Hall–Kier alpha value is -4.04. The van der Waals surface area contributed by atoms with Crippen molar-refractivity contribution in [2.45, 2.75) is 89.5 Å². The normalized spacial score (nSPS) is 12.1. The molecule has 2 aromatic carbocycles. The molecule has 2 aromatic heterocycles. The van der Waals surface area contributed by atoms with E-state index in [1.165, 1.54) is 0 Å². The summed E-state index contributed by atoms with van der Waals surface area (Å²) < 4.78 is 24.7. The van der Waals surface area contributed by atoms with Gasteiger partial charge in [-0.15, -0.1) is 0 Å².